The van der Waals surface area contributed by atoms with E-state index < -0.39 is 29.3 Å². The van der Waals surface area contributed by atoms with Crippen LogP contribution in [0.15, 0.2) is 61.1 Å². The van der Waals surface area contributed by atoms with Crippen molar-refractivity contribution in [2.75, 3.05) is 11.9 Å². The van der Waals surface area contributed by atoms with Gasteiger partial charge in [0.1, 0.15) is 5.56 Å². The highest BCUT2D eigenvalue weighted by Gasteiger charge is 2.41. The highest BCUT2D eigenvalue weighted by atomic mass is 19.4. The summed E-state index contributed by atoms with van der Waals surface area (Å²) in [5.41, 5.74) is -0.828. The molecule has 0 saturated carbocycles. The van der Waals surface area contributed by atoms with Gasteiger partial charge in [-0.1, -0.05) is 19.1 Å². The molecule has 186 valence electrons. The normalized spacial score (nSPS) is 11.4. The van der Waals surface area contributed by atoms with Crippen LogP contribution in [0.2, 0.25) is 0 Å². The van der Waals surface area contributed by atoms with E-state index in [9.17, 15) is 22.8 Å². The third-order valence-electron chi connectivity index (χ3n) is 5.20. The van der Waals surface area contributed by atoms with E-state index in [1.54, 1.807) is 29.1 Å². The number of amides is 1. The predicted molar refractivity (Wildman–Crippen MR) is 123 cm³/mol. The Balaban J connectivity index is 1.65. The van der Waals surface area contributed by atoms with Crippen LogP contribution in [0.5, 0.6) is 0 Å². The molecule has 3 heterocycles. The fraction of sp³-hybridized carbons (Fsp3) is 0.208. The van der Waals surface area contributed by atoms with E-state index in [0.717, 1.165) is 6.20 Å². The van der Waals surface area contributed by atoms with Gasteiger partial charge in [-0.25, -0.2) is 19.1 Å². The maximum absolute atomic E-state index is 13.8. The van der Waals surface area contributed by atoms with Crippen LogP contribution in [0.3, 0.4) is 0 Å². The van der Waals surface area contributed by atoms with Gasteiger partial charge in [-0.2, -0.15) is 23.4 Å². The van der Waals surface area contributed by atoms with Crippen LogP contribution < -0.4 is 5.32 Å². The number of hydrogen-bond acceptors (Lipinski definition) is 6. The van der Waals surface area contributed by atoms with Gasteiger partial charge in [0.15, 0.2) is 11.5 Å². The van der Waals surface area contributed by atoms with Gasteiger partial charge in [0.25, 0.3) is 5.91 Å². The molecule has 0 unspecified atom stereocenters. The number of ether oxygens (including phenoxy) is 1. The molecule has 0 spiro atoms. The molecule has 3 aromatic heterocycles. The fourth-order valence-corrected chi connectivity index (χ4v) is 3.67. The third-order valence-corrected chi connectivity index (χ3v) is 5.20. The molecule has 1 aromatic carbocycles. The summed E-state index contributed by atoms with van der Waals surface area (Å²) in [5.74, 6) is -1.07. The third kappa shape index (κ3) is 4.83. The first-order chi connectivity index (χ1) is 17.2. The van der Waals surface area contributed by atoms with Gasteiger partial charge in [0, 0.05) is 11.9 Å². The summed E-state index contributed by atoms with van der Waals surface area (Å²) in [4.78, 5) is 29.3. The molecule has 36 heavy (non-hydrogen) atoms. The van der Waals surface area contributed by atoms with Crippen molar-refractivity contribution in [3.8, 4) is 11.5 Å². The van der Waals surface area contributed by atoms with Crippen LogP contribution in [0.4, 0.5) is 18.9 Å². The topological polar surface area (TPSA) is 104 Å². The van der Waals surface area contributed by atoms with Crippen molar-refractivity contribution >= 4 is 17.6 Å². The molecule has 12 heteroatoms. The summed E-state index contributed by atoms with van der Waals surface area (Å²) in [7, 11) is 0. The Bertz CT molecular complexity index is 1400. The van der Waals surface area contributed by atoms with E-state index in [1.165, 1.54) is 37.4 Å². The van der Waals surface area contributed by atoms with Crippen LogP contribution in [0.1, 0.15) is 46.0 Å². The lowest BCUT2D eigenvalue weighted by Crippen LogP contribution is -2.19. The molecule has 0 aliphatic heterocycles. The number of esters is 1. The molecule has 0 radical (unpaired) electrons. The lowest BCUT2D eigenvalue weighted by molar-refractivity contribution is -0.143. The Morgan fingerprint density at radius 1 is 1.00 bits per heavy atom. The standard InChI is InChI=1S/C24H21F3N6O3/c1-3-19-17(13-30-33(19)20-10-5-6-11-28-20)22(34)31-15-8-7-9-16(12-15)32-21(24(25,26)27)18(14-29-32)23(35)36-4-2/h5-14H,3-4H2,1-2H3,(H,31,34). The maximum atomic E-state index is 13.8. The number of rotatable bonds is 7. The molecule has 0 saturated heterocycles. The Labute approximate surface area is 203 Å². The number of nitrogens with zero attached hydrogens (tertiary/aromatic N) is 5. The number of halogens is 3. The molecule has 1 amide bonds. The molecule has 0 bridgehead atoms. The summed E-state index contributed by atoms with van der Waals surface area (Å²) < 4.78 is 48.4. The number of nitrogens with one attached hydrogen (secondary N) is 1. The minimum atomic E-state index is -4.88. The lowest BCUT2D eigenvalue weighted by atomic mass is 10.2. The van der Waals surface area contributed by atoms with Crippen molar-refractivity contribution in [3.63, 3.8) is 0 Å². The molecule has 9 nitrogen and oxygen atoms in total. The molecule has 0 fully saturated rings. The van der Waals surface area contributed by atoms with Crippen molar-refractivity contribution in [2.45, 2.75) is 26.4 Å². The van der Waals surface area contributed by atoms with E-state index in [-0.39, 0.29) is 18.0 Å². The monoisotopic (exact) mass is 498 g/mol. The van der Waals surface area contributed by atoms with E-state index in [4.69, 9.17) is 4.74 Å². The molecule has 0 atom stereocenters. The van der Waals surface area contributed by atoms with Gasteiger partial charge in [-0.05, 0) is 43.7 Å². The predicted octanol–water partition coefficient (Wildman–Crippen LogP) is 4.46. The number of anilines is 1. The second kappa shape index (κ2) is 10.0. The van der Waals surface area contributed by atoms with Crippen molar-refractivity contribution in [2.24, 2.45) is 0 Å². The summed E-state index contributed by atoms with van der Waals surface area (Å²) in [6.45, 7) is 3.27. The van der Waals surface area contributed by atoms with Crippen molar-refractivity contribution in [1.82, 2.24) is 24.5 Å². The summed E-state index contributed by atoms with van der Waals surface area (Å²) in [6.07, 6.45) is -0.565. The largest absolute Gasteiger partial charge is 0.462 e. The summed E-state index contributed by atoms with van der Waals surface area (Å²) in [5, 5.41) is 10.7. The number of carbonyl (C=O) groups is 2. The zero-order chi connectivity index (χ0) is 25.9. The lowest BCUT2D eigenvalue weighted by Gasteiger charge is -2.13. The highest BCUT2D eigenvalue weighted by Crippen LogP contribution is 2.34. The van der Waals surface area contributed by atoms with Gasteiger partial charge in [-0.15, -0.1) is 0 Å². The second-order valence-electron chi connectivity index (χ2n) is 7.50. The molecule has 4 rings (SSSR count). The number of benzene rings is 1. The Kier molecular flexibility index (Phi) is 6.86. The number of pyridine rings is 1. The van der Waals surface area contributed by atoms with Crippen LogP contribution in [-0.4, -0.2) is 43.0 Å². The van der Waals surface area contributed by atoms with Gasteiger partial charge in [0.2, 0.25) is 0 Å². The van der Waals surface area contributed by atoms with Crippen molar-refractivity contribution in [1.29, 1.82) is 0 Å². The molecular formula is C24H21F3N6O3. The number of hydrogen-bond donors (Lipinski definition) is 1. The van der Waals surface area contributed by atoms with E-state index in [2.05, 4.69) is 20.5 Å². The minimum absolute atomic E-state index is 0.00410. The van der Waals surface area contributed by atoms with Crippen molar-refractivity contribution < 1.29 is 27.5 Å². The number of aromatic nitrogens is 5. The molecule has 0 aliphatic rings. The SMILES string of the molecule is CCOC(=O)c1cnn(-c2cccc(NC(=O)c3cnn(-c4ccccn4)c3CC)c2)c1C(F)(F)F. The first-order valence-electron chi connectivity index (χ1n) is 11.0. The van der Waals surface area contributed by atoms with Crippen LogP contribution in [0, 0.1) is 0 Å². The summed E-state index contributed by atoms with van der Waals surface area (Å²) >= 11 is 0. The van der Waals surface area contributed by atoms with Crippen LogP contribution >= 0.6 is 0 Å². The van der Waals surface area contributed by atoms with Crippen LogP contribution in [-0.2, 0) is 17.3 Å². The number of carbonyl (C=O) groups excluding carboxylic acids is 2. The van der Waals surface area contributed by atoms with Crippen molar-refractivity contribution in [3.05, 3.63) is 83.6 Å². The van der Waals surface area contributed by atoms with E-state index >= 15 is 0 Å². The Morgan fingerprint density at radius 2 is 1.75 bits per heavy atom. The van der Waals surface area contributed by atoms with E-state index in [0.29, 0.717) is 28.2 Å². The van der Waals surface area contributed by atoms with Gasteiger partial charge in [0.05, 0.1) is 35.9 Å². The Hall–Kier alpha value is -4.48. The Morgan fingerprint density at radius 3 is 2.42 bits per heavy atom. The quantitative estimate of drug-likeness (QED) is 0.377. The smallest absolute Gasteiger partial charge is 0.434 e. The number of alkyl halides is 3. The fourth-order valence-electron chi connectivity index (χ4n) is 3.67. The zero-order valence-corrected chi connectivity index (χ0v) is 19.3. The summed E-state index contributed by atoms with van der Waals surface area (Å²) in [6, 6.07) is 11.0. The minimum Gasteiger partial charge on any atom is -0.462 e. The van der Waals surface area contributed by atoms with Gasteiger partial charge < -0.3 is 10.1 Å². The highest BCUT2D eigenvalue weighted by molar-refractivity contribution is 6.05. The molecular weight excluding hydrogens is 477 g/mol. The molecule has 0 aliphatic carbocycles. The average molecular weight is 498 g/mol. The molecule has 4 aromatic rings. The van der Waals surface area contributed by atoms with Crippen LogP contribution in [0.25, 0.3) is 11.5 Å². The molecule has 1 N–H and O–H groups in total. The van der Waals surface area contributed by atoms with E-state index in [1.807, 2.05) is 6.92 Å². The second-order valence-corrected chi connectivity index (χ2v) is 7.50. The maximum Gasteiger partial charge on any atom is 0.434 e. The first-order valence-corrected chi connectivity index (χ1v) is 11.0. The zero-order valence-electron chi connectivity index (χ0n) is 19.3. The average Bonchev–Trinajstić information content (AvgIpc) is 3.50. The van der Waals surface area contributed by atoms with Gasteiger partial charge >= 0.3 is 12.1 Å². The van der Waals surface area contributed by atoms with Gasteiger partial charge in [-0.3, -0.25) is 4.79 Å². The first kappa shape index (κ1) is 24.6.